The van der Waals surface area contributed by atoms with E-state index in [9.17, 15) is 9.59 Å². The number of rotatable bonds is 0. The van der Waals surface area contributed by atoms with Gasteiger partial charge in [0.1, 0.15) is 0 Å². The fourth-order valence-electron chi connectivity index (χ4n) is 1.53. The van der Waals surface area contributed by atoms with Crippen molar-refractivity contribution in [3.63, 3.8) is 0 Å². The van der Waals surface area contributed by atoms with E-state index in [1.54, 1.807) is 35.6 Å². The minimum atomic E-state index is -0.0924. The molecule has 2 nitrogen and oxygen atoms in total. The zero-order valence-corrected chi connectivity index (χ0v) is 10.4. The molecular formula is C15H11O2S+. The van der Waals surface area contributed by atoms with Gasteiger partial charge in [-0.3, -0.25) is 9.59 Å². The van der Waals surface area contributed by atoms with Gasteiger partial charge >= 0.3 is 0 Å². The number of hydrogen-bond donors (Lipinski definition) is 0. The third-order valence-electron chi connectivity index (χ3n) is 2.38. The number of carbonyl (C=O) groups is 2. The van der Waals surface area contributed by atoms with E-state index in [1.807, 2.05) is 29.0 Å². The molecule has 3 rings (SSSR count). The van der Waals surface area contributed by atoms with Crippen LogP contribution in [0, 0.1) is 0 Å². The first-order chi connectivity index (χ1) is 8.79. The van der Waals surface area contributed by atoms with Gasteiger partial charge < -0.3 is 0 Å². The molecule has 0 fully saturated rings. The second-order valence-corrected chi connectivity index (χ2v) is 4.41. The molecule has 1 aromatic carbocycles. The second-order valence-electron chi connectivity index (χ2n) is 3.59. The first kappa shape index (κ1) is 12.3. The van der Waals surface area contributed by atoms with E-state index < -0.39 is 0 Å². The van der Waals surface area contributed by atoms with Gasteiger partial charge in [-0.05, 0) is 24.3 Å². The lowest BCUT2D eigenvalue weighted by Crippen LogP contribution is -2.10. The fraction of sp³-hybridized carbons (Fsp3) is 0. The van der Waals surface area contributed by atoms with E-state index in [1.165, 1.54) is 12.2 Å². The van der Waals surface area contributed by atoms with Crippen molar-refractivity contribution in [2.45, 2.75) is 0 Å². The molecule has 18 heavy (non-hydrogen) atoms. The molecule has 1 aliphatic rings. The highest BCUT2D eigenvalue weighted by Gasteiger charge is 2.16. The highest BCUT2D eigenvalue weighted by molar-refractivity contribution is 7.07. The number of hydrogen-bond acceptors (Lipinski definition) is 2. The summed E-state index contributed by atoms with van der Waals surface area (Å²) < 4.78 is 0. The highest BCUT2D eigenvalue weighted by atomic mass is 32.1. The Bertz CT molecular complexity index is 525. The summed E-state index contributed by atoms with van der Waals surface area (Å²) in [4.78, 5) is 22.4. The first-order valence-corrected chi connectivity index (χ1v) is 6.39. The van der Waals surface area contributed by atoms with Gasteiger partial charge in [0, 0.05) is 11.1 Å². The van der Waals surface area contributed by atoms with Crippen LogP contribution in [-0.4, -0.2) is 11.6 Å². The summed E-state index contributed by atoms with van der Waals surface area (Å²) in [5, 5.41) is 4.08. The summed E-state index contributed by atoms with van der Waals surface area (Å²) in [6.07, 6.45) is 2.62. The number of allylic oxidation sites excluding steroid dienone is 2. The second kappa shape index (κ2) is 5.98. The fourth-order valence-corrected chi connectivity index (χ4v) is 1.99. The predicted molar refractivity (Wildman–Crippen MR) is 73.0 cm³/mol. The first-order valence-electron chi connectivity index (χ1n) is 5.45. The van der Waals surface area contributed by atoms with Crippen molar-refractivity contribution >= 4 is 22.9 Å². The van der Waals surface area contributed by atoms with Crippen LogP contribution in [-0.2, 0) is 0 Å². The van der Waals surface area contributed by atoms with E-state index in [-0.39, 0.29) is 11.6 Å². The van der Waals surface area contributed by atoms with Crippen molar-refractivity contribution in [3.8, 4) is 0 Å². The van der Waals surface area contributed by atoms with E-state index >= 15 is 0 Å². The van der Waals surface area contributed by atoms with Crippen LogP contribution >= 0.6 is 11.3 Å². The summed E-state index contributed by atoms with van der Waals surface area (Å²) in [7, 11) is 0. The Labute approximate surface area is 109 Å². The molecule has 0 spiro atoms. The number of fused-ring (bicyclic) bond motifs is 1. The van der Waals surface area contributed by atoms with Crippen LogP contribution in [0.1, 0.15) is 20.7 Å². The normalized spacial score (nSPS) is 12.4. The Morgan fingerprint density at radius 2 is 1.17 bits per heavy atom. The quantitative estimate of drug-likeness (QED) is 0.673. The van der Waals surface area contributed by atoms with Gasteiger partial charge in [-0.25, -0.2) is 0 Å². The molecular weight excluding hydrogens is 244 g/mol. The zero-order chi connectivity index (χ0) is 12.8. The Morgan fingerprint density at radius 3 is 1.50 bits per heavy atom. The Morgan fingerprint density at radius 1 is 0.667 bits per heavy atom. The lowest BCUT2D eigenvalue weighted by molar-refractivity contribution is 0.0994. The summed E-state index contributed by atoms with van der Waals surface area (Å²) >= 11 is 1.70. The van der Waals surface area contributed by atoms with Gasteiger partial charge in [0.25, 0.3) is 0 Å². The van der Waals surface area contributed by atoms with E-state index in [0.717, 1.165) is 0 Å². The predicted octanol–water partition coefficient (Wildman–Crippen LogP) is 3.65. The lowest BCUT2D eigenvalue weighted by atomic mass is 9.95. The van der Waals surface area contributed by atoms with Crippen molar-refractivity contribution in [2.75, 3.05) is 0 Å². The van der Waals surface area contributed by atoms with E-state index in [4.69, 9.17) is 0 Å². The van der Waals surface area contributed by atoms with Crippen LogP contribution in [0.4, 0.5) is 0 Å². The molecule has 0 unspecified atom stereocenters. The minimum Gasteiger partial charge on any atom is -0.289 e. The summed E-state index contributed by atoms with van der Waals surface area (Å²) in [6.45, 7) is 0. The molecule has 0 radical (unpaired) electrons. The van der Waals surface area contributed by atoms with Crippen molar-refractivity contribution < 1.29 is 9.59 Å². The highest BCUT2D eigenvalue weighted by Crippen LogP contribution is 2.15. The molecule has 0 saturated carbocycles. The number of ketones is 2. The molecule has 0 bridgehead atoms. The average Bonchev–Trinajstić information content (AvgIpc) is 2.46. The standard InChI is InChI=1S/C10H6O2.C5H5S/c11-9-5-6-10(12)8-4-2-1-3-7(8)9;1-2-4-6-5-3-1/h1-6H;1-5H/q;+1. The molecule has 0 amide bonds. The maximum Gasteiger partial charge on any atom is 0.211 e. The smallest absolute Gasteiger partial charge is 0.211 e. The third-order valence-corrected chi connectivity index (χ3v) is 3.01. The minimum absolute atomic E-state index is 0.0924. The Kier molecular flexibility index (Phi) is 4.10. The Hall–Kier alpha value is -2.13. The van der Waals surface area contributed by atoms with Gasteiger partial charge in [-0.2, -0.15) is 0 Å². The van der Waals surface area contributed by atoms with Gasteiger partial charge in [-0.15, -0.1) is 0 Å². The maximum atomic E-state index is 11.2. The van der Waals surface area contributed by atoms with Gasteiger partial charge in [-0.1, -0.05) is 30.3 Å². The third kappa shape index (κ3) is 2.96. The Balaban J connectivity index is 0.000000169. The average molecular weight is 255 g/mol. The molecule has 1 heterocycles. The molecule has 1 aliphatic carbocycles. The van der Waals surface area contributed by atoms with Crippen LogP contribution in [0.5, 0.6) is 0 Å². The molecule has 3 heteroatoms. The molecule has 88 valence electrons. The van der Waals surface area contributed by atoms with E-state index in [0.29, 0.717) is 11.1 Å². The molecule has 0 N–H and O–H groups in total. The summed E-state index contributed by atoms with van der Waals surface area (Å²) in [6, 6.07) is 12.9. The van der Waals surface area contributed by atoms with E-state index in [2.05, 4.69) is 0 Å². The number of carbonyl (C=O) groups excluding carboxylic acids is 2. The van der Waals surface area contributed by atoms with Gasteiger partial charge in [0.05, 0.1) is 0 Å². The van der Waals surface area contributed by atoms with Crippen LogP contribution in [0.15, 0.2) is 65.4 Å². The molecule has 1 aromatic heterocycles. The number of benzene rings is 1. The summed E-state index contributed by atoms with van der Waals surface area (Å²) in [5.74, 6) is -0.185. The van der Waals surface area contributed by atoms with Crippen LogP contribution < -0.4 is 0 Å². The molecule has 0 aliphatic heterocycles. The topological polar surface area (TPSA) is 34.1 Å². The molecule has 0 saturated heterocycles. The van der Waals surface area contributed by atoms with Crippen molar-refractivity contribution in [3.05, 3.63) is 76.5 Å². The van der Waals surface area contributed by atoms with Crippen LogP contribution in [0.2, 0.25) is 0 Å². The van der Waals surface area contributed by atoms with Gasteiger partial charge in [0.2, 0.25) is 11.3 Å². The maximum absolute atomic E-state index is 11.2. The lowest BCUT2D eigenvalue weighted by Gasteiger charge is -2.06. The largest absolute Gasteiger partial charge is 0.289 e. The summed E-state index contributed by atoms with van der Waals surface area (Å²) in [5.41, 5.74) is 1.01. The molecule has 0 atom stereocenters. The van der Waals surface area contributed by atoms with Crippen molar-refractivity contribution in [2.24, 2.45) is 0 Å². The van der Waals surface area contributed by atoms with Crippen LogP contribution in [0.25, 0.3) is 0 Å². The van der Waals surface area contributed by atoms with Crippen molar-refractivity contribution in [1.82, 2.24) is 0 Å². The van der Waals surface area contributed by atoms with Crippen LogP contribution in [0.3, 0.4) is 0 Å². The zero-order valence-electron chi connectivity index (χ0n) is 9.58. The molecule has 2 aromatic rings. The SMILES string of the molecule is O=C1C=CC(=O)c2ccccc21.c1cc[s+]cc1. The van der Waals surface area contributed by atoms with Gasteiger partial charge in [0.15, 0.2) is 22.3 Å². The monoisotopic (exact) mass is 255 g/mol. The van der Waals surface area contributed by atoms with Crippen molar-refractivity contribution in [1.29, 1.82) is 0 Å².